The van der Waals surface area contributed by atoms with Crippen LogP contribution in [0.1, 0.15) is 27.6 Å². The van der Waals surface area contributed by atoms with E-state index in [4.69, 9.17) is 18.9 Å². The van der Waals surface area contributed by atoms with Crippen molar-refractivity contribution in [2.24, 2.45) is 0 Å². The zero-order valence-electron chi connectivity index (χ0n) is 14.5. The van der Waals surface area contributed by atoms with Gasteiger partial charge in [0.2, 0.25) is 6.79 Å². The van der Waals surface area contributed by atoms with Gasteiger partial charge in [-0.1, -0.05) is 12.1 Å². The number of ether oxygens (including phenoxy) is 4. The van der Waals surface area contributed by atoms with E-state index >= 15 is 0 Å². The molecule has 8 nitrogen and oxygen atoms in total. The summed E-state index contributed by atoms with van der Waals surface area (Å²) < 4.78 is 20.3. The molecule has 0 atom stereocenters. The van der Waals surface area contributed by atoms with E-state index in [0.29, 0.717) is 11.5 Å². The number of para-hydroxylation sites is 1. The molecule has 0 aromatic heterocycles. The van der Waals surface area contributed by atoms with Gasteiger partial charge in [0, 0.05) is 0 Å². The highest BCUT2D eigenvalue weighted by molar-refractivity contribution is 6.02. The summed E-state index contributed by atoms with van der Waals surface area (Å²) >= 11 is 0. The predicted molar refractivity (Wildman–Crippen MR) is 93.9 cm³/mol. The number of fused-ring (bicyclic) bond motifs is 1. The molecular formula is C19H17NO7. The highest BCUT2D eigenvalue weighted by Crippen LogP contribution is 2.32. The first kappa shape index (κ1) is 18.2. The highest BCUT2D eigenvalue weighted by atomic mass is 16.7. The molecule has 0 spiro atoms. The summed E-state index contributed by atoms with van der Waals surface area (Å²) in [6.45, 7) is 1.49. The van der Waals surface area contributed by atoms with Gasteiger partial charge in [-0.25, -0.2) is 9.59 Å². The van der Waals surface area contributed by atoms with Gasteiger partial charge in [-0.15, -0.1) is 0 Å². The van der Waals surface area contributed by atoms with Crippen LogP contribution in [0.2, 0.25) is 0 Å². The fourth-order valence-electron chi connectivity index (χ4n) is 2.40. The van der Waals surface area contributed by atoms with Gasteiger partial charge in [0.15, 0.2) is 18.1 Å². The molecule has 27 heavy (non-hydrogen) atoms. The Balaban J connectivity index is 1.59. The average Bonchev–Trinajstić information content (AvgIpc) is 3.14. The van der Waals surface area contributed by atoms with Gasteiger partial charge in [0.25, 0.3) is 5.91 Å². The maximum atomic E-state index is 12.1. The molecule has 140 valence electrons. The summed E-state index contributed by atoms with van der Waals surface area (Å²) in [5.74, 6) is -0.828. The third-order valence-corrected chi connectivity index (χ3v) is 3.64. The first-order chi connectivity index (χ1) is 13.1. The third kappa shape index (κ3) is 4.35. The highest BCUT2D eigenvalue weighted by Gasteiger charge is 2.18. The maximum absolute atomic E-state index is 12.1. The van der Waals surface area contributed by atoms with Crippen LogP contribution in [0, 0.1) is 0 Å². The number of esters is 2. The van der Waals surface area contributed by atoms with Gasteiger partial charge in [-0.3, -0.25) is 4.79 Å². The van der Waals surface area contributed by atoms with Crippen LogP contribution in [0.25, 0.3) is 0 Å². The molecule has 0 fully saturated rings. The molecule has 1 N–H and O–H groups in total. The van der Waals surface area contributed by atoms with E-state index in [1.165, 1.54) is 18.2 Å². The zero-order valence-corrected chi connectivity index (χ0v) is 14.5. The minimum absolute atomic E-state index is 0.0934. The van der Waals surface area contributed by atoms with Crippen LogP contribution >= 0.6 is 0 Å². The molecule has 0 saturated heterocycles. The molecule has 0 bridgehead atoms. The van der Waals surface area contributed by atoms with Crippen molar-refractivity contribution in [2.45, 2.75) is 6.92 Å². The van der Waals surface area contributed by atoms with Crippen molar-refractivity contribution in [3.63, 3.8) is 0 Å². The number of carbonyl (C=O) groups excluding carboxylic acids is 3. The van der Waals surface area contributed by atoms with Crippen molar-refractivity contribution in [3.05, 3.63) is 53.6 Å². The van der Waals surface area contributed by atoms with E-state index in [9.17, 15) is 14.4 Å². The number of benzene rings is 2. The molecule has 0 saturated carbocycles. The van der Waals surface area contributed by atoms with Crippen LogP contribution in [-0.4, -0.2) is 37.9 Å². The summed E-state index contributed by atoms with van der Waals surface area (Å²) in [6.07, 6.45) is 0. The minimum Gasteiger partial charge on any atom is -0.462 e. The van der Waals surface area contributed by atoms with Crippen molar-refractivity contribution < 1.29 is 33.3 Å². The first-order valence-electron chi connectivity index (χ1n) is 8.21. The van der Waals surface area contributed by atoms with Crippen molar-refractivity contribution in [1.29, 1.82) is 0 Å². The van der Waals surface area contributed by atoms with E-state index in [-0.39, 0.29) is 30.2 Å². The molecule has 2 aromatic rings. The number of nitrogens with one attached hydrogen (secondary N) is 1. The molecule has 1 amide bonds. The molecule has 3 rings (SSSR count). The summed E-state index contributed by atoms with van der Waals surface area (Å²) in [5, 5.41) is 2.54. The second-order valence-electron chi connectivity index (χ2n) is 5.46. The number of hydrogen-bond acceptors (Lipinski definition) is 7. The Morgan fingerprint density at radius 2 is 1.78 bits per heavy atom. The quantitative estimate of drug-likeness (QED) is 0.778. The molecular weight excluding hydrogens is 354 g/mol. The summed E-state index contributed by atoms with van der Waals surface area (Å²) in [5.41, 5.74) is 0.730. The average molecular weight is 371 g/mol. The van der Waals surface area contributed by atoms with Crippen molar-refractivity contribution in [3.8, 4) is 11.5 Å². The summed E-state index contributed by atoms with van der Waals surface area (Å²) in [7, 11) is 0. The lowest BCUT2D eigenvalue weighted by molar-refractivity contribution is -0.119. The van der Waals surface area contributed by atoms with Crippen molar-refractivity contribution in [1.82, 2.24) is 0 Å². The van der Waals surface area contributed by atoms with Crippen LogP contribution < -0.4 is 14.8 Å². The molecule has 1 aliphatic heterocycles. The molecule has 0 unspecified atom stereocenters. The van der Waals surface area contributed by atoms with Gasteiger partial charge in [0.1, 0.15) is 0 Å². The van der Waals surface area contributed by atoms with Crippen LogP contribution in [0.4, 0.5) is 5.69 Å². The van der Waals surface area contributed by atoms with Gasteiger partial charge in [0.05, 0.1) is 23.4 Å². The Hall–Kier alpha value is -3.55. The second-order valence-corrected chi connectivity index (χ2v) is 5.46. The fourth-order valence-corrected chi connectivity index (χ4v) is 2.40. The number of carbonyl (C=O) groups is 3. The Bertz CT molecular complexity index is 878. The molecule has 0 aliphatic carbocycles. The summed E-state index contributed by atoms with van der Waals surface area (Å²) in [4.78, 5) is 36.1. The van der Waals surface area contributed by atoms with Gasteiger partial charge in [-0.05, 0) is 37.3 Å². The lowest BCUT2D eigenvalue weighted by atomic mass is 10.2. The normalized spacial score (nSPS) is 11.6. The standard InChI is InChI=1S/C19H17NO7/c1-2-24-19(23)13-5-3-4-6-14(13)20-17(21)10-25-18(22)12-7-8-15-16(9-12)27-11-26-15/h3-9H,2,10-11H2,1H3,(H,20,21). The molecule has 8 heteroatoms. The van der Waals surface area contributed by atoms with Gasteiger partial charge >= 0.3 is 11.9 Å². The van der Waals surface area contributed by atoms with Gasteiger partial charge < -0.3 is 24.3 Å². The van der Waals surface area contributed by atoms with Crippen molar-refractivity contribution >= 4 is 23.5 Å². The fraction of sp³-hybridized carbons (Fsp3) is 0.211. The SMILES string of the molecule is CCOC(=O)c1ccccc1NC(=O)COC(=O)c1ccc2c(c1)OCO2. The van der Waals surface area contributed by atoms with Crippen LogP contribution in [0.3, 0.4) is 0 Å². The Morgan fingerprint density at radius 3 is 2.59 bits per heavy atom. The first-order valence-corrected chi connectivity index (χ1v) is 8.21. The Labute approximate surface area is 155 Å². The van der Waals surface area contributed by atoms with Gasteiger partial charge in [-0.2, -0.15) is 0 Å². The zero-order chi connectivity index (χ0) is 19.2. The van der Waals surface area contributed by atoms with E-state index in [0.717, 1.165) is 0 Å². The van der Waals surface area contributed by atoms with Crippen LogP contribution in [0.15, 0.2) is 42.5 Å². The van der Waals surface area contributed by atoms with Crippen LogP contribution in [0.5, 0.6) is 11.5 Å². The van der Waals surface area contributed by atoms with Crippen LogP contribution in [-0.2, 0) is 14.3 Å². The molecule has 1 aliphatic rings. The van der Waals surface area contributed by atoms with E-state index in [1.807, 2.05) is 0 Å². The van der Waals surface area contributed by atoms with E-state index < -0.39 is 24.5 Å². The predicted octanol–water partition coefficient (Wildman–Crippen LogP) is 2.39. The maximum Gasteiger partial charge on any atom is 0.340 e. The lowest BCUT2D eigenvalue weighted by Crippen LogP contribution is -2.22. The number of rotatable bonds is 6. The topological polar surface area (TPSA) is 100 Å². The second kappa shape index (κ2) is 8.22. The third-order valence-electron chi connectivity index (χ3n) is 3.64. The van der Waals surface area contributed by atoms with Crippen molar-refractivity contribution in [2.75, 3.05) is 25.3 Å². The smallest absolute Gasteiger partial charge is 0.340 e. The van der Waals surface area contributed by atoms with E-state index in [2.05, 4.69) is 5.32 Å². The Kier molecular flexibility index (Phi) is 5.55. The van der Waals surface area contributed by atoms with E-state index in [1.54, 1.807) is 31.2 Å². The largest absolute Gasteiger partial charge is 0.462 e. The lowest BCUT2D eigenvalue weighted by Gasteiger charge is -2.10. The summed E-state index contributed by atoms with van der Waals surface area (Å²) in [6, 6.07) is 11.0. The molecule has 2 aromatic carbocycles. The number of hydrogen-bond donors (Lipinski definition) is 1. The minimum atomic E-state index is -0.679. The monoisotopic (exact) mass is 371 g/mol. The Morgan fingerprint density at radius 1 is 1.00 bits per heavy atom. The molecule has 1 heterocycles. The molecule has 0 radical (unpaired) electrons. The number of anilines is 1. The number of amides is 1.